The minimum atomic E-state index is -0.446. The van der Waals surface area contributed by atoms with Gasteiger partial charge in [0.05, 0.1) is 18.1 Å². The number of nitrogens with zero attached hydrogens (tertiary/aromatic N) is 4. The summed E-state index contributed by atoms with van der Waals surface area (Å²) in [6.45, 7) is 0.613. The van der Waals surface area contributed by atoms with Gasteiger partial charge in [0.15, 0.2) is 11.6 Å². The number of aromatic nitrogens is 4. The van der Waals surface area contributed by atoms with Crippen molar-refractivity contribution in [2.45, 2.75) is 13.0 Å². The van der Waals surface area contributed by atoms with Crippen LogP contribution in [0.5, 0.6) is 5.75 Å². The number of ether oxygens (including phenoxy) is 1. The second-order valence-corrected chi connectivity index (χ2v) is 4.80. The van der Waals surface area contributed by atoms with E-state index in [1.54, 1.807) is 12.3 Å². The Kier molecular flexibility index (Phi) is 3.25. The lowest BCUT2D eigenvalue weighted by atomic mass is 10.2. The van der Waals surface area contributed by atoms with Gasteiger partial charge in [-0.1, -0.05) is 0 Å². The van der Waals surface area contributed by atoms with Crippen LogP contribution in [0.1, 0.15) is 5.82 Å². The van der Waals surface area contributed by atoms with Gasteiger partial charge in [-0.25, -0.2) is 14.4 Å². The van der Waals surface area contributed by atoms with Crippen molar-refractivity contribution >= 4 is 17.0 Å². The highest BCUT2D eigenvalue weighted by molar-refractivity contribution is 5.80. The lowest BCUT2D eigenvalue weighted by Crippen LogP contribution is -2.08. The summed E-state index contributed by atoms with van der Waals surface area (Å²) < 4.78 is 22.5. The summed E-state index contributed by atoms with van der Waals surface area (Å²) in [6.07, 6.45) is 4.35. The Morgan fingerprint density at radius 2 is 2.19 bits per heavy atom. The monoisotopic (exact) mass is 289 g/mol. The first-order valence-corrected chi connectivity index (χ1v) is 6.55. The van der Waals surface area contributed by atoms with Crippen LogP contribution in [0, 0.1) is 5.82 Å². The zero-order valence-electron chi connectivity index (χ0n) is 11.9. The number of fused-ring (bicyclic) bond motifs is 1. The summed E-state index contributed by atoms with van der Waals surface area (Å²) in [7, 11) is 3.37. The number of imidazole rings is 2. The van der Waals surface area contributed by atoms with E-state index in [9.17, 15) is 4.39 Å². The van der Waals surface area contributed by atoms with Gasteiger partial charge in [-0.3, -0.25) is 0 Å². The topological polar surface area (TPSA) is 70.9 Å². The van der Waals surface area contributed by atoms with E-state index in [1.807, 2.05) is 22.4 Å². The van der Waals surface area contributed by atoms with E-state index < -0.39 is 5.82 Å². The summed E-state index contributed by atoms with van der Waals surface area (Å²) in [5.74, 6) is 1.04. The van der Waals surface area contributed by atoms with Gasteiger partial charge in [0.25, 0.3) is 0 Å². The molecule has 0 aliphatic carbocycles. The normalized spacial score (nSPS) is 11.2. The van der Waals surface area contributed by atoms with Crippen molar-refractivity contribution in [3.05, 3.63) is 36.2 Å². The van der Waals surface area contributed by atoms with E-state index in [0.717, 1.165) is 11.3 Å². The van der Waals surface area contributed by atoms with Gasteiger partial charge in [-0.15, -0.1) is 0 Å². The number of aryl methyl sites for hydroxylation is 3. The maximum atomic E-state index is 13.7. The Morgan fingerprint density at radius 3 is 2.86 bits per heavy atom. The first-order valence-electron chi connectivity index (χ1n) is 6.55. The molecule has 3 aromatic rings. The molecule has 6 nitrogen and oxygen atoms in total. The molecule has 2 aromatic heterocycles. The largest absolute Gasteiger partial charge is 0.494 e. The molecule has 0 fully saturated rings. The van der Waals surface area contributed by atoms with Gasteiger partial charge in [-0.2, -0.15) is 0 Å². The van der Waals surface area contributed by atoms with Crippen molar-refractivity contribution in [3.63, 3.8) is 0 Å². The van der Waals surface area contributed by atoms with Gasteiger partial charge in [0.2, 0.25) is 5.95 Å². The van der Waals surface area contributed by atoms with Crippen LogP contribution in [-0.4, -0.2) is 26.2 Å². The standard InChI is InChI=1S/C14H16FN5O/c1-19-6-4-17-13(19)3-5-20-11-8-12(21-2)9(15)7-10(11)18-14(20)16/h4,6-8H,3,5H2,1-2H3,(H2,16,18). The van der Waals surface area contributed by atoms with E-state index in [2.05, 4.69) is 9.97 Å². The van der Waals surface area contributed by atoms with Crippen molar-refractivity contribution in [2.24, 2.45) is 7.05 Å². The minimum Gasteiger partial charge on any atom is -0.494 e. The average molecular weight is 289 g/mol. The molecule has 0 saturated carbocycles. The van der Waals surface area contributed by atoms with E-state index in [0.29, 0.717) is 24.4 Å². The van der Waals surface area contributed by atoms with Gasteiger partial charge < -0.3 is 19.6 Å². The Hall–Kier alpha value is -2.57. The van der Waals surface area contributed by atoms with Gasteiger partial charge in [0, 0.05) is 44.5 Å². The van der Waals surface area contributed by atoms with Crippen molar-refractivity contribution in [1.82, 2.24) is 19.1 Å². The molecule has 0 aliphatic heterocycles. The molecule has 0 saturated heterocycles. The number of anilines is 1. The molecule has 0 spiro atoms. The number of methoxy groups -OCH3 is 1. The molecule has 7 heteroatoms. The fraction of sp³-hybridized carbons (Fsp3) is 0.286. The molecule has 2 heterocycles. The average Bonchev–Trinajstić information content (AvgIpc) is 2.98. The SMILES string of the molecule is COc1cc2c(cc1F)nc(N)n2CCc1nccn1C. The third kappa shape index (κ3) is 2.31. The first kappa shape index (κ1) is 13.4. The van der Waals surface area contributed by atoms with Crippen LogP contribution in [0.4, 0.5) is 10.3 Å². The summed E-state index contributed by atoms with van der Waals surface area (Å²) >= 11 is 0. The number of hydrogen-bond acceptors (Lipinski definition) is 4. The lowest BCUT2D eigenvalue weighted by molar-refractivity contribution is 0.387. The predicted molar refractivity (Wildman–Crippen MR) is 77.6 cm³/mol. The van der Waals surface area contributed by atoms with Crippen LogP contribution in [-0.2, 0) is 20.0 Å². The maximum absolute atomic E-state index is 13.7. The summed E-state index contributed by atoms with van der Waals surface area (Å²) in [5.41, 5.74) is 7.20. The Labute approximate surface area is 121 Å². The Bertz CT molecular complexity index is 792. The number of nitrogens with two attached hydrogens (primary N) is 1. The third-order valence-corrected chi connectivity index (χ3v) is 3.53. The molecule has 0 unspecified atom stereocenters. The highest BCUT2D eigenvalue weighted by Crippen LogP contribution is 2.26. The minimum absolute atomic E-state index is 0.181. The maximum Gasteiger partial charge on any atom is 0.201 e. The molecular formula is C14H16FN5O. The fourth-order valence-electron chi connectivity index (χ4n) is 2.39. The van der Waals surface area contributed by atoms with Crippen LogP contribution in [0.3, 0.4) is 0 Å². The fourth-order valence-corrected chi connectivity index (χ4v) is 2.39. The summed E-state index contributed by atoms with van der Waals surface area (Å²) in [5, 5.41) is 0. The number of rotatable bonds is 4. The number of halogens is 1. The number of benzene rings is 1. The molecule has 0 amide bonds. The quantitative estimate of drug-likeness (QED) is 0.794. The highest BCUT2D eigenvalue weighted by Gasteiger charge is 2.13. The smallest absolute Gasteiger partial charge is 0.201 e. The molecule has 1 aromatic carbocycles. The van der Waals surface area contributed by atoms with Gasteiger partial charge in [0.1, 0.15) is 5.82 Å². The molecule has 2 N–H and O–H groups in total. The summed E-state index contributed by atoms with van der Waals surface area (Å²) in [6, 6.07) is 2.95. The molecular weight excluding hydrogens is 273 g/mol. The first-order chi connectivity index (χ1) is 10.1. The molecule has 0 radical (unpaired) electrons. The molecule has 0 atom stereocenters. The molecule has 21 heavy (non-hydrogen) atoms. The van der Waals surface area contributed by atoms with Crippen molar-refractivity contribution in [3.8, 4) is 5.75 Å². The number of hydrogen-bond donors (Lipinski definition) is 1. The van der Waals surface area contributed by atoms with Crippen LogP contribution >= 0.6 is 0 Å². The Morgan fingerprint density at radius 1 is 1.38 bits per heavy atom. The van der Waals surface area contributed by atoms with Crippen molar-refractivity contribution < 1.29 is 9.13 Å². The van der Waals surface area contributed by atoms with Crippen LogP contribution < -0.4 is 10.5 Å². The second kappa shape index (κ2) is 5.08. The lowest BCUT2D eigenvalue weighted by Gasteiger charge is -2.08. The molecule has 0 bridgehead atoms. The summed E-state index contributed by atoms with van der Waals surface area (Å²) in [4.78, 5) is 8.47. The van der Waals surface area contributed by atoms with Crippen molar-refractivity contribution in [2.75, 3.05) is 12.8 Å². The zero-order valence-corrected chi connectivity index (χ0v) is 11.9. The van der Waals surface area contributed by atoms with Gasteiger partial charge in [-0.05, 0) is 0 Å². The van der Waals surface area contributed by atoms with Crippen LogP contribution in [0.25, 0.3) is 11.0 Å². The number of nitrogen functional groups attached to an aromatic ring is 1. The van der Waals surface area contributed by atoms with E-state index >= 15 is 0 Å². The molecule has 0 aliphatic rings. The van der Waals surface area contributed by atoms with E-state index in [1.165, 1.54) is 13.2 Å². The van der Waals surface area contributed by atoms with E-state index in [-0.39, 0.29) is 5.75 Å². The molecule has 3 rings (SSSR count). The van der Waals surface area contributed by atoms with Crippen LogP contribution in [0.15, 0.2) is 24.5 Å². The molecule has 110 valence electrons. The second-order valence-electron chi connectivity index (χ2n) is 4.80. The Balaban J connectivity index is 1.97. The third-order valence-electron chi connectivity index (χ3n) is 3.53. The predicted octanol–water partition coefficient (Wildman–Crippen LogP) is 1.74. The highest BCUT2D eigenvalue weighted by atomic mass is 19.1. The zero-order chi connectivity index (χ0) is 15.0. The van der Waals surface area contributed by atoms with Crippen molar-refractivity contribution in [1.29, 1.82) is 0 Å². The van der Waals surface area contributed by atoms with Gasteiger partial charge >= 0.3 is 0 Å². The van der Waals surface area contributed by atoms with Crippen LogP contribution in [0.2, 0.25) is 0 Å². The van der Waals surface area contributed by atoms with E-state index in [4.69, 9.17) is 10.5 Å².